The largest absolute Gasteiger partial charge is 0.486 e. The molecule has 1 fully saturated rings. The number of β-amino-alcohol motifs (C(OH)–C–C–N with tert-alkyl or cyclic N) is 1. The number of hydrogen-bond acceptors (Lipinski definition) is 8. The van der Waals surface area contributed by atoms with Crippen LogP contribution in [0.3, 0.4) is 0 Å². The second-order valence-corrected chi connectivity index (χ2v) is 8.75. The molecule has 2 atom stereocenters. The van der Waals surface area contributed by atoms with Crippen molar-refractivity contribution in [2.45, 2.75) is 19.1 Å². The van der Waals surface area contributed by atoms with Gasteiger partial charge in [0.1, 0.15) is 19.0 Å². The topological polar surface area (TPSA) is 89.0 Å². The molecule has 5 rings (SSSR count). The summed E-state index contributed by atoms with van der Waals surface area (Å²) in [7, 11) is 1.60. The lowest BCUT2D eigenvalue weighted by molar-refractivity contribution is 0.140. The van der Waals surface area contributed by atoms with Gasteiger partial charge in [0.15, 0.2) is 11.5 Å². The van der Waals surface area contributed by atoms with Gasteiger partial charge in [-0.1, -0.05) is 0 Å². The predicted octanol–water partition coefficient (Wildman–Crippen LogP) is 2.17. The SMILES string of the molecule is COc1ccc2nccc(CCN3C[C@H](CNCc4cc5c(cc4F)OCCO5)[C@H](O)C3)c2n1. The number of hydrogen-bond donors (Lipinski definition) is 2. The molecule has 34 heavy (non-hydrogen) atoms. The Morgan fingerprint density at radius 2 is 1.97 bits per heavy atom. The van der Waals surface area contributed by atoms with Crippen LogP contribution < -0.4 is 19.5 Å². The molecule has 8 nitrogen and oxygen atoms in total. The molecule has 0 aliphatic carbocycles. The third-order valence-corrected chi connectivity index (χ3v) is 6.46. The standard InChI is InChI=1S/C25H29FN4O4/c1-32-24-3-2-20-25(29-24)16(4-6-28-20)5-7-30-14-18(21(31)15-30)13-27-12-17-10-22-23(11-19(17)26)34-9-8-33-22/h2-4,6,10-11,18,21,27,31H,5,7-9,12-15H2,1H3/t18-,21+/m0/s1. The van der Waals surface area contributed by atoms with E-state index in [0.29, 0.717) is 55.8 Å². The molecule has 2 aliphatic rings. The van der Waals surface area contributed by atoms with E-state index in [1.165, 1.54) is 6.07 Å². The number of rotatable bonds is 8. The van der Waals surface area contributed by atoms with Crippen molar-refractivity contribution >= 4 is 11.0 Å². The predicted molar refractivity (Wildman–Crippen MR) is 125 cm³/mol. The van der Waals surface area contributed by atoms with Gasteiger partial charge in [-0.2, -0.15) is 0 Å². The van der Waals surface area contributed by atoms with Gasteiger partial charge in [-0.05, 0) is 30.2 Å². The maximum atomic E-state index is 14.4. The molecule has 0 saturated carbocycles. The number of nitrogens with one attached hydrogen (secondary N) is 1. The first-order valence-corrected chi connectivity index (χ1v) is 11.6. The minimum Gasteiger partial charge on any atom is -0.486 e. The number of methoxy groups -OCH3 is 1. The van der Waals surface area contributed by atoms with Crippen molar-refractivity contribution in [1.82, 2.24) is 20.2 Å². The Kier molecular flexibility index (Phi) is 6.75. The second kappa shape index (κ2) is 10.1. The summed E-state index contributed by atoms with van der Waals surface area (Å²) in [5, 5.41) is 13.9. The lowest BCUT2D eigenvalue weighted by Gasteiger charge is -2.20. The zero-order valence-corrected chi connectivity index (χ0v) is 19.2. The summed E-state index contributed by atoms with van der Waals surface area (Å²) >= 11 is 0. The summed E-state index contributed by atoms with van der Waals surface area (Å²) < 4.78 is 30.6. The number of halogens is 1. The van der Waals surface area contributed by atoms with Crippen LogP contribution in [-0.2, 0) is 13.0 Å². The van der Waals surface area contributed by atoms with Gasteiger partial charge in [0.25, 0.3) is 0 Å². The summed E-state index contributed by atoms with van der Waals surface area (Å²) in [5.74, 6) is 1.35. The van der Waals surface area contributed by atoms with E-state index in [0.717, 1.165) is 36.1 Å². The molecule has 2 aromatic heterocycles. The summed E-state index contributed by atoms with van der Waals surface area (Å²) in [5.41, 5.74) is 3.32. The van der Waals surface area contributed by atoms with Crippen molar-refractivity contribution < 1.29 is 23.7 Å². The van der Waals surface area contributed by atoms with Crippen LogP contribution in [0.15, 0.2) is 36.5 Å². The Bertz CT molecular complexity index is 1160. The van der Waals surface area contributed by atoms with Crippen LogP contribution in [0.5, 0.6) is 17.4 Å². The fourth-order valence-electron chi connectivity index (χ4n) is 4.61. The van der Waals surface area contributed by atoms with E-state index in [-0.39, 0.29) is 11.7 Å². The minimum atomic E-state index is -0.426. The number of ether oxygens (including phenoxy) is 3. The molecule has 1 aromatic carbocycles. The van der Waals surface area contributed by atoms with E-state index in [1.807, 2.05) is 18.2 Å². The highest BCUT2D eigenvalue weighted by Crippen LogP contribution is 2.32. The fraction of sp³-hybridized carbons (Fsp3) is 0.440. The average molecular weight is 469 g/mol. The molecule has 180 valence electrons. The minimum absolute atomic E-state index is 0.0766. The van der Waals surface area contributed by atoms with Crippen LogP contribution in [0.1, 0.15) is 11.1 Å². The zero-order valence-electron chi connectivity index (χ0n) is 19.2. The van der Waals surface area contributed by atoms with Gasteiger partial charge in [0.05, 0.1) is 24.2 Å². The van der Waals surface area contributed by atoms with Crippen molar-refractivity contribution in [3.05, 3.63) is 53.5 Å². The third kappa shape index (κ3) is 4.91. The molecule has 0 bridgehead atoms. The third-order valence-electron chi connectivity index (χ3n) is 6.46. The molecule has 0 unspecified atom stereocenters. The summed E-state index contributed by atoms with van der Waals surface area (Å²) in [4.78, 5) is 11.2. The number of aromatic nitrogens is 2. The normalized spacial score (nSPS) is 20.1. The zero-order chi connectivity index (χ0) is 23.5. The first-order valence-electron chi connectivity index (χ1n) is 11.6. The molecule has 4 heterocycles. The van der Waals surface area contributed by atoms with Gasteiger partial charge < -0.3 is 29.5 Å². The average Bonchev–Trinajstić information content (AvgIpc) is 3.21. The first kappa shape index (κ1) is 22.8. The molecule has 9 heteroatoms. The van der Waals surface area contributed by atoms with Crippen LogP contribution in [0, 0.1) is 11.7 Å². The molecular weight excluding hydrogens is 439 g/mol. The van der Waals surface area contributed by atoms with Gasteiger partial charge >= 0.3 is 0 Å². The van der Waals surface area contributed by atoms with Crippen molar-refractivity contribution in [2.75, 3.05) is 46.5 Å². The number of pyridine rings is 2. The highest BCUT2D eigenvalue weighted by molar-refractivity contribution is 5.78. The van der Waals surface area contributed by atoms with Gasteiger partial charge in [0.2, 0.25) is 5.88 Å². The molecule has 0 amide bonds. The van der Waals surface area contributed by atoms with Crippen LogP contribution in [0.25, 0.3) is 11.0 Å². The molecule has 3 aromatic rings. The summed E-state index contributed by atoms with van der Waals surface area (Å²) in [6.07, 6.45) is 2.17. The molecule has 0 spiro atoms. The summed E-state index contributed by atoms with van der Waals surface area (Å²) in [6, 6.07) is 8.78. The van der Waals surface area contributed by atoms with E-state index in [9.17, 15) is 9.50 Å². The number of likely N-dealkylation sites (tertiary alicyclic amines) is 1. The van der Waals surface area contributed by atoms with Gasteiger partial charge in [-0.3, -0.25) is 4.98 Å². The fourth-order valence-corrected chi connectivity index (χ4v) is 4.61. The Labute approximate surface area is 197 Å². The smallest absolute Gasteiger partial charge is 0.213 e. The number of nitrogens with zero attached hydrogens (tertiary/aromatic N) is 3. The maximum absolute atomic E-state index is 14.4. The van der Waals surface area contributed by atoms with Crippen molar-refractivity contribution in [3.8, 4) is 17.4 Å². The summed E-state index contributed by atoms with van der Waals surface area (Å²) in [6.45, 7) is 4.06. The quantitative estimate of drug-likeness (QED) is 0.520. The van der Waals surface area contributed by atoms with Gasteiger partial charge in [-0.25, -0.2) is 9.37 Å². The molecular formula is C25H29FN4O4. The Morgan fingerprint density at radius 1 is 1.15 bits per heavy atom. The van der Waals surface area contributed by atoms with Gasteiger partial charge in [-0.15, -0.1) is 0 Å². The first-order chi connectivity index (χ1) is 16.6. The molecule has 1 saturated heterocycles. The maximum Gasteiger partial charge on any atom is 0.213 e. The monoisotopic (exact) mass is 468 g/mol. The molecule has 0 radical (unpaired) electrons. The number of fused-ring (bicyclic) bond motifs is 2. The molecule has 2 N–H and O–H groups in total. The highest BCUT2D eigenvalue weighted by Gasteiger charge is 2.30. The van der Waals surface area contributed by atoms with E-state index in [1.54, 1.807) is 19.4 Å². The van der Waals surface area contributed by atoms with Crippen molar-refractivity contribution in [2.24, 2.45) is 5.92 Å². The van der Waals surface area contributed by atoms with E-state index in [2.05, 4.69) is 20.2 Å². The lowest BCUT2D eigenvalue weighted by Crippen LogP contribution is -2.30. The molecule has 2 aliphatic heterocycles. The van der Waals surface area contributed by atoms with Gasteiger partial charge in [0, 0.05) is 62.5 Å². The number of benzene rings is 1. The van der Waals surface area contributed by atoms with Crippen LogP contribution in [-0.4, -0.2) is 72.6 Å². The van der Waals surface area contributed by atoms with Crippen LogP contribution >= 0.6 is 0 Å². The second-order valence-electron chi connectivity index (χ2n) is 8.75. The number of aliphatic hydroxyl groups excluding tert-OH is 1. The van der Waals surface area contributed by atoms with Crippen molar-refractivity contribution in [3.63, 3.8) is 0 Å². The van der Waals surface area contributed by atoms with Crippen molar-refractivity contribution in [1.29, 1.82) is 0 Å². The Hall–Kier alpha value is -3.01. The van der Waals surface area contributed by atoms with E-state index < -0.39 is 6.10 Å². The van der Waals surface area contributed by atoms with Crippen LogP contribution in [0.2, 0.25) is 0 Å². The highest BCUT2D eigenvalue weighted by atomic mass is 19.1. The van der Waals surface area contributed by atoms with E-state index in [4.69, 9.17) is 14.2 Å². The Balaban J connectivity index is 1.14. The van der Waals surface area contributed by atoms with E-state index >= 15 is 0 Å². The van der Waals surface area contributed by atoms with Crippen LogP contribution in [0.4, 0.5) is 4.39 Å². The Morgan fingerprint density at radius 3 is 2.79 bits per heavy atom. The number of aliphatic hydroxyl groups is 1. The lowest BCUT2D eigenvalue weighted by atomic mass is 10.1.